The summed E-state index contributed by atoms with van der Waals surface area (Å²) in [4.78, 5) is 25.4. The van der Waals surface area contributed by atoms with Gasteiger partial charge in [-0.3, -0.25) is 14.5 Å². The van der Waals surface area contributed by atoms with Crippen molar-refractivity contribution in [2.45, 2.75) is 76.9 Å². The molecule has 5 heteroatoms. The number of hydrogen-bond donors (Lipinski definition) is 2. The number of rotatable bonds is 6. The minimum atomic E-state index is -0.699. The van der Waals surface area contributed by atoms with Crippen LogP contribution in [0.2, 0.25) is 0 Å². The maximum absolute atomic E-state index is 12.2. The normalized spacial score (nSPS) is 29.4. The molecule has 21 heavy (non-hydrogen) atoms. The van der Waals surface area contributed by atoms with Crippen molar-refractivity contribution in [1.82, 2.24) is 10.2 Å². The minimum Gasteiger partial charge on any atom is -0.481 e. The van der Waals surface area contributed by atoms with E-state index in [-0.39, 0.29) is 23.8 Å². The van der Waals surface area contributed by atoms with Gasteiger partial charge in [-0.05, 0) is 51.9 Å². The molecule has 2 unspecified atom stereocenters. The number of fused-ring (bicyclic) bond motifs is 2. The molecule has 0 radical (unpaired) electrons. The third-order valence-electron chi connectivity index (χ3n) is 5.13. The van der Waals surface area contributed by atoms with Crippen LogP contribution in [0.4, 0.5) is 0 Å². The molecule has 0 spiro atoms. The van der Waals surface area contributed by atoms with Crippen LogP contribution >= 0.6 is 0 Å². The first kappa shape index (κ1) is 16.3. The second kappa shape index (κ2) is 6.34. The van der Waals surface area contributed by atoms with Gasteiger partial charge in [0.1, 0.15) is 0 Å². The maximum Gasteiger partial charge on any atom is 0.303 e. The predicted molar refractivity (Wildman–Crippen MR) is 81.0 cm³/mol. The smallest absolute Gasteiger partial charge is 0.303 e. The van der Waals surface area contributed by atoms with Crippen LogP contribution in [0.3, 0.4) is 0 Å². The Morgan fingerprint density at radius 3 is 2.29 bits per heavy atom. The Labute approximate surface area is 127 Å². The third-order valence-corrected chi connectivity index (χ3v) is 5.13. The van der Waals surface area contributed by atoms with Gasteiger partial charge in [0, 0.05) is 24.0 Å². The van der Waals surface area contributed by atoms with Crippen molar-refractivity contribution >= 4 is 11.9 Å². The molecule has 2 rings (SSSR count). The molecule has 2 N–H and O–H groups in total. The first-order valence-corrected chi connectivity index (χ1v) is 8.09. The van der Waals surface area contributed by atoms with E-state index < -0.39 is 5.97 Å². The van der Waals surface area contributed by atoms with E-state index in [1.807, 2.05) is 13.8 Å². The molecule has 2 saturated heterocycles. The molecule has 0 saturated carbocycles. The van der Waals surface area contributed by atoms with E-state index in [0.717, 1.165) is 32.1 Å². The fourth-order valence-corrected chi connectivity index (χ4v) is 3.73. The van der Waals surface area contributed by atoms with Crippen molar-refractivity contribution in [3.63, 3.8) is 0 Å². The van der Waals surface area contributed by atoms with Gasteiger partial charge in [0.15, 0.2) is 0 Å². The highest BCUT2D eigenvalue weighted by atomic mass is 16.4. The topological polar surface area (TPSA) is 69.6 Å². The molecule has 1 amide bonds. The molecule has 2 fully saturated rings. The van der Waals surface area contributed by atoms with Crippen LogP contribution in [0.5, 0.6) is 0 Å². The number of piperidine rings is 1. The number of nitrogens with zero attached hydrogens (tertiary/aromatic N) is 1. The van der Waals surface area contributed by atoms with Gasteiger partial charge in [-0.15, -0.1) is 0 Å². The Bertz CT molecular complexity index is 394. The summed E-state index contributed by atoms with van der Waals surface area (Å²) in [7, 11) is 0. The Kier molecular flexibility index (Phi) is 4.91. The van der Waals surface area contributed by atoms with E-state index >= 15 is 0 Å². The zero-order valence-corrected chi connectivity index (χ0v) is 13.4. The van der Waals surface area contributed by atoms with Crippen molar-refractivity contribution in [1.29, 1.82) is 0 Å². The summed E-state index contributed by atoms with van der Waals surface area (Å²) in [5.41, 5.74) is -0.155. The lowest BCUT2D eigenvalue weighted by atomic mass is 9.88. The fourth-order valence-electron chi connectivity index (χ4n) is 3.73. The molecule has 5 nitrogen and oxygen atoms in total. The van der Waals surface area contributed by atoms with Crippen LogP contribution in [0.1, 0.15) is 59.3 Å². The number of carboxylic acid groups (broad SMARTS) is 1. The van der Waals surface area contributed by atoms with Crippen molar-refractivity contribution in [3.8, 4) is 0 Å². The number of amides is 1. The summed E-state index contributed by atoms with van der Waals surface area (Å²) in [5.74, 6) is -0.322. The maximum atomic E-state index is 12.2. The zero-order chi connectivity index (χ0) is 15.6. The van der Waals surface area contributed by atoms with Crippen LogP contribution in [0.15, 0.2) is 0 Å². The predicted octanol–water partition coefficient (Wildman–Crippen LogP) is 2.01. The second-order valence-corrected chi connectivity index (χ2v) is 7.28. The summed E-state index contributed by atoms with van der Waals surface area (Å²) in [6.45, 7) is 6.61. The van der Waals surface area contributed by atoms with Crippen LogP contribution in [0, 0.1) is 5.92 Å². The van der Waals surface area contributed by atoms with E-state index in [4.69, 9.17) is 5.11 Å². The number of nitrogens with one attached hydrogen (secondary N) is 1. The Balaban J connectivity index is 1.89. The van der Waals surface area contributed by atoms with Gasteiger partial charge in [-0.25, -0.2) is 0 Å². The second-order valence-electron chi connectivity index (χ2n) is 7.28. The lowest BCUT2D eigenvalue weighted by molar-refractivity contribution is -0.139. The summed E-state index contributed by atoms with van der Waals surface area (Å²) < 4.78 is 0. The van der Waals surface area contributed by atoms with Crippen molar-refractivity contribution < 1.29 is 14.7 Å². The molecule has 2 atom stereocenters. The van der Waals surface area contributed by atoms with Crippen molar-refractivity contribution in [2.75, 3.05) is 6.54 Å². The molecule has 0 aliphatic carbocycles. The lowest BCUT2D eigenvalue weighted by Gasteiger charge is -2.38. The van der Waals surface area contributed by atoms with Gasteiger partial charge in [0.2, 0.25) is 5.91 Å². The Morgan fingerprint density at radius 1 is 1.24 bits per heavy atom. The molecular weight excluding hydrogens is 268 g/mol. The number of carbonyl (C=O) groups is 2. The minimum absolute atomic E-state index is 0.0930. The van der Waals surface area contributed by atoms with E-state index in [2.05, 4.69) is 17.1 Å². The Hall–Kier alpha value is -1.10. The molecule has 0 aromatic heterocycles. The molecule has 2 heterocycles. The first-order chi connectivity index (χ1) is 9.80. The summed E-state index contributed by atoms with van der Waals surface area (Å²) >= 11 is 0. The largest absolute Gasteiger partial charge is 0.481 e. The fraction of sp³-hybridized carbons (Fsp3) is 0.875. The summed E-state index contributed by atoms with van der Waals surface area (Å²) in [5, 5.41) is 12.0. The van der Waals surface area contributed by atoms with Gasteiger partial charge in [-0.1, -0.05) is 6.92 Å². The number of hydrogen-bond acceptors (Lipinski definition) is 3. The SMILES string of the molecule is CCC(C)(C)NC(=O)CN1C2CCC1CC(CC(=O)O)C2. The monoisotopic (exact) mass is 296 g/mol. The quantitative estimate of drug-likeness (QED) is 0.786. The highest BCUT2D eigenvalue weighted by molar-refractivity contribution is 5.79. The standard InChI is InChI=1S/C16H28N2O3/c1-4-16(2,3)17-14(19)10-18-12-5-6-13(18)8-11(7-12)9-15(20)21/h11-13H,4-10H2,1-3H3,(H,17,19)(H,20,21). The van der Waals surface area contributed by atoms with Crippen LogP contribution in [-0.4, -0.2) is 46.1 Å². The van der Waals surface area contributed by atoms with Gasteiger partial charge in [0.25, 0.3) is 0 Å². The molecule has 2 aliphatic rings. The number of carbonyl (C=O) groups excluding carboxylic acids is 1. The molecular formula is C16H28N2O3. The van der Waals surface area contributed by atoms with E-state index in [9.17, 15) is 9.59 Å². The summed E-state index contributed by atoms with van der Waals surface area (Å²) in [6, 6.07) is 0.784. The molecule has 0 aromatic carbocycles. The van der Waals surface area contributed by atoms with E-state index in [1.54, 1.807) is 0 Å². The average molecular weight is 296 g/mol. The highest BCUT2D eigenvalue weighted by Gasteiger charge is 2.41. The number of carboxylic acids is 1. The van der Waals surface area contributed by atoms with Gasteiger partial charge in [0.05, 0.1) is 6.54 Å². The van der Waals surface area contributed by atoms with Crippen LogP contribution in [-0.2, 0) is 9.59 Å². The molecule has 0 aromatic rings. The van der Waals surface area contributed by atoms with Gasteiger partial charge < -0.3 is 10.4 Å². The van der Waals surface area contributed by atoms with Crippen LogP contribution in [0.25, 0.3) is 0 Å². The molecule has 2 bridgehead atoms. The highest BCUT2D eigenvalue weighted by Crippen LogP contribution is 2.39. The number of aliphatic carboxylic acids is 1. The average Bonchev–Trinajstić information content (AvgIpc) is 2.60. The summed E-state index contributed by atoms with van der Waals surface area (Å²) in [6.07, 6.45) is 5.24. The van der Waals surface area contributed by atoms with E-state index in [0.29, 0.717) is 18.6 Å². The molecule has 2 aliphatic heterocycles. The molecule has 120 valence electrons. The third kappa shape index (κ3) is 4.19. The lowest BCUT2D eigenvalue weighted by Crippen LogP contribution is -2.51. The van der Waals surface area contributed by atoms with E-state index in [1.165, 1.54) is 0 Å². The van der Waals surface area contributed by atoms with Crippen LogP contribution < -0.4 is 5.32 Å². The van der Waals surface area contributed by atoms with Crippen molar-refractivity contribution in [2.24, 2.45) is 5.92 Å². The van der Waals surface area contributed by atoms with Crippen molar-refractivity contribution in [3.05, 3.63) is 0 Å². The first-order valence-electron chi connectivity index (χ1n) is 8.09. The zero-order valence-electron chi connectivity index (χ0n) is 13.4. The van der Waals surface area contributed by atoms with Gasteiger partial charge >= 0.3 is 5.97 Å². The Morgan fingerprint density at radius 2 is 1.81 bits per heavy atom. The van der Waals surface area contributed by atoms with Gasteiger partial charge in [-0.2, -0.15) is 0 Å².